The van der Waals surface area contributed by atoms with E-state index >= 15 is 0 Å². The van der Waals surface area contributed by atoms with E-state index in [2.05, 4.69) is 0 Å². The van der Waals surface area contributed by atoms with Crippen LogP contribution in [0, 0.1) is 10.1 Å². The second-order valence-corrected chi connectivity index (χ2v) is 5.92. The number of carbonyl (C=O) groups is 2. The molecular formula is C16H19ClN2O6. The fraction of sp³-hybridized carbons (Fsp3) is 0.500. The minimum absolute atomic E-state index is 0.0441. The second kappa shape index (κ2) is 8.66. The summed E-state index contributed by atoms with van der Waals surface area (Å²) in [5.41, 5.74) is -0.165. The fourth-order valence-electron chi connectivity index (χ4n) is 2.66. The van der Waals surface area contributed by atoms with Gasteiger partial charge in [0, 0.05) is 18.7 Å². The Bertz CT molecular complexity index is 666. The van der Waals surface area contributed by atoms with Crippen LogP contribution in [0.5, 0.6) is 5.75 Å². The van der Waals surface area contributed by atoms with Crippen molar-refractivity contribution in [1.82, 2.24) is 4.90 Å². The lowest BCUT2D eigenvalue weighted by Gasteiger charge is -2.33. The lowest BCUT2D eigenvalue weighted by Crippen LogP contribution is -2.50. The van der Waals surface area contributed by atoms with Crippen LogP contribution >= 0.6 is 11.6 Å². The number of halogens is 1. The third kappa shape index (κ3) is 4.82. The molecule has 1 aromatic rings. The zero-order chi connectivity index (χ0) is 18.4. The predicted molar refractivity (Wildman–Crippen MR) is 89.6 cm³/mol. The summed E-state index contributed by atoms with van der Waals surface area (Å²) in [4.78, 5) is 36.0. The van der Waals surface area contributed by atoms with E-state index in [-0.39, 0.29) is 35.6 Å². The highest BCUT2D eigenvalue weighted by atomic mass is 35.5. The number of nitro groups is 1. The van der Waals surface area contributed by atoms with Crippen molar-refractivity contribution in [1.29, 1.82) is 0 Å². The van der Waals surface area contributed by atoms with Gasteiger partial charge >= 0.3 is 5.97 Å². The molecule has 1 aliphatic rings. The molecule has 136 valence electrons. The van der Waals surface area contributed by atoms with Gasteiger partial charge in [-0.2, -0.15) is 0 Å². The van der Waals surface area contributed by atoms with E-state index in [9.17, 15) is 19.7 Å². The number of non-ortho nitro benzene ring substituents is 1. The summed E-state index contributed by atoms with van der Waals surface area (Å²) in [6.45, 7) is 2.12. The Kier molecular flexibility index (Phi) is 6.58. The number of hydrogen-bond donors (Lipinski definition) is 0. The van der Waals surface area contributed by atoms with E-state index in [1.54, 1.807) is 6.92 Å². The van der Waals surface area contributed by atoms with Crippen molar-refractivity contribution < 1.29 is 24.0 Å². The number of nitrogens with zero attached hydrogens (tertiary/aromatic N) is 2. The quantitative estimate of drug-likeness (QED) is 0.433. The van der Waals surface area contributed by atoms with Gasteiger partial charge in [0.15, 0.2) is 6.61 Å². The normalized spacial score (nSPS) is 17.0. The zero-order valence-corrected chi connectivity index (χ0v) is 14.5. The largest absolute Gasteiger partial charge is 0.482 e. The monoisotopic (exact) mass is 370 g/mol. The molecule has 0 N–H and O–H groups in total. The molecule has 8 nitrogen and oxygen atoms in total. The van der Waals surface area contributed by atoms with Crippen molar-refractivity contribution in [2.45, 2.75) is 32.2 Å². The van der Waals surface area contributed by atoms with Gasteiger partial charge in [0.1, 0.15) is 11.8 Å². The Balaban J connectivity index is 2.00. The Morgan fingerprint density at radius 3 is 2.80 bits per heavy atom. The van der Waals surface area contributed by atoms with Crippen molar-refractivity contribution in [3.63, 3.8) is 0 Å². The van der Waals surface area contributed by atoms with Gasteiger partial charge < -0.3 is 14.4 Å². The Hall–Kier alpha value is -2.35. The molecule has 0 saturated carbocycles. The first-order valence-corrected chi connectivity index (χ1v) is 8.34. The number of esters is 1. The molecule has 0 aliphatic carbocycles. The number of rotatable bonds is 6. The molecule has 0 aromatic heterocycles. The Morgan fingerprint density at radius 2 is 2.16 bits per heavy atom. The van der Waals surface area contributed by atoms with Crippen molar-refractivity contribution in [3.8, 4) is 5.75 Å². The van der Waals surface area contributed by atoms with Crippen LogP contribution in [-0.4, -0.2) is 47.5 Å². The summed E-state index contributed by atoms with van der Waals surface area (Å²) < 4.78 is 10.4. The van der Waals surface area contributed by atoms with Crippen LogP contribution in [0.4, 0.5) is 5.69 Å². The smallest absolute Gasteiger partial charge is 0.328 e. The minimum Gasteiger partial charge on any atom is -0.482 e. The van der Waals surface area contributed by atoms with Gasteiger partial charge in [-0.1, -0.05) is 11.6 Å². The standard InChI is InChI=1S/C16H19ClN2O6/c1-2-24-16(21)13-5-3-4-8-18(13)15(20)10-25-14-7-6-11(19(22)23)9-12(14)17/h6-7,9,13H,2-5,8,10H2,1H3/t13-/m1/s1. The minimum atomic E-state index is -0.600. The SMILES string of the molecule is CCOC(=O)[C@H]1CCCCN1C(=O)COc1ccc([N+](=O)[O-])cc1Cl. The van der Waals surface area contributed by atoms with Crippen molar-refractivity contribution in [2.24, 2.45) is 0 Å². The van der Waals surface area contributed by atoms with Crippen molar-refractivity contribution in [2.75, 3.05) is 19.8 Å². The zero-order valence-electron chi connectivity index (χ0n) is 13.8. The summed E-state index contributed by atoms with van der Waals surface area (Å²) in [6, 6.07) is 3.14. The number of amides is 1. The average molecular weight is 371 g/mol. The molecule has 9 heteroatoms. The maximum atomic E-state index is 12.4. The molecule has 1 amide bonds. The summed E-state index contributed by atoms with van der Waals surface area (Å²) in [7, 11) is 0. The molecule has 0 unspecified atom stereocenters. The highest BCUT2D eigenvalue weighted by Crippen LogP contribution is 2.29. The maximum absolute atomic E-state index is 12.4. The van der Waals surface area contributed by atoms with Crippen LogP contribution in [-0.2, 0) is 14.3 Å². The van der Waals surface area contributed by atoms with Crippen LogP contribution < -0.4 is 4.74 Å². The van der Waals surface area contributed by atoms with Crippen LogP contribution in [0.1, 0.15) is 26.2 Å². The molecule has 0 bridgehead atoms. The molecule has 25 heavy (non-hydrogen) atoms. The average Bonchev–Trinajstić information content (AvgIpc) is 2.60. The summed E-state index contributed by atoms with van der Waals surface area (Å²) >= 11 is 5.93. The second-order valence-electron chi connectivity index (χ2n) is 5.51. The van der Waals surface area contributed by atoms with Crippen LogP contribution in [0.2, 0.25) is 5.02 Å². The maximum Gasteiger partial charge on any atom is 0.328 e. The Morgan fingerprint density at radius 1 is 1.40 bits per heavy atom. The first kappa shape index (κ1) is 19.0. The van der Waals surface area contributed by atoms with E-state index in [0.29, 0.717) is 13.0 Å². The van der Waals surface area contributed by atoms with E-state index in [4.69, 9.17) is 21.1 Å². The number of hydrogen-bond acceptors (Lipinski definition) is 6. The van der Waals surface area contributed by atoms with Gasteiger partial charge in [0.05, 0.1) is 16.6 Å². The first-order chi connectivity index (χ1) is 11.9. The number of ether oxygens (including phenoxy) is 2. The molecule has 2 rings (SSSR count). The molecule has 1 aliphatic heterocycles. The topological polar surface area (TPSA) is 99.0 Å². The Labute approximate surface area is 149 Å². The van der Waals surface area contributed by atoms with E-state index in [0.717, 1.165) is 18.9 Å². The van der Waals surface area contributed by atoms with Crippen LogP contribution in [0.25, 0.3) is 0 Å². The van der Waals surface area contributed by atoms with E-state index in [1.165, 1.54) is 17.0 Å². The van der Waals surface area contributed by atoms with Gasteiger partial charge in [0.25, 0.3) is 11.6 Å². The molecule has 1 fully saturated rings. The number of carbonyl (C=O) groups excluding carboxylic acids is 2. The number of piperidine rings is 1. The summed E-state index contributed by atoms with van der Waals surface area (Å²) in [5, 5.41) is 10.7. The molecule has 0 radical (unpaired) electrons. The molecular weight excluding hydrogens is 352 g/mol. The number of likely N-dealkylation sites (tertiary alicyclic amines) is 1. The summed E-state index contributed by atoms with van der Waals surface area (Å²) in [6.07, 6.45) is 2.21. The van der Waals surface area contributed by atoms with Gasteiger partial charge in [-0.25, -0.2) is 4.79 Å². The third-order valence-electron chi connectivity index (χ3n) is 3.86. The van der Waals surface area contributed by atoms with Gasteiger partial charge in [-0.3, -0.25) is 14.9 Å². The highest BCUT2D eigenvalue weighted by Gasteiger charge is 2.33. The van der Waals surface area contributed by atoms with Crippen LogP contribution in [0.3, 0.4) is 0 Å². The molecule has 0 spiro atoms. The van der Waals surface area contributed by atoms with E-state index < -0.39 is 16.9 Å². The van der Waals surface area contributed by atoms with E-state index in [1.807, 2.05) is 0 Å². The molecule has 1 saturated heterocycles. The first-order valence-electron chi connectivity index (χ1n) is 7.97. The number of benzene rings is 1. The van der Waals surface area contributed by atoms with Crippen LogP contribution in [0.15, 0.2) is 18.2 Å². The van der Waals surface area contributed by atoms with Gasteiger partial charge in [-0.15, -0.1) is 0 Å². The van der Waals surface area contributed by atoms with Gasteiger partial charge in [0.2, 0.25) is 0 Å². The third-order valence-corrected chi connectivity index (χ3v) is 4.15. The molecule has 1 atom stereocenters. The molecule has 1 aromatic carbocycles. The van der Waals surface area contributed by atoms with Crippen molar-refractivity contribution >= 4 is 29.2 Å². The number of nitro benzene ring substituents is 1. The van der Waals surface area contributed by atoms with Gasteiger partial charge in [-0.05, 0) is 32.3 Å². The highest BCUT2D eigenvalue weighted by molar-refractivity contribution is 6.32. The lowest BCUT2D eigenvalue weighted by molar-refractivity contribution is -0.384. The molecule has 1 heterocycles. The summed E-state index contributed by atoms with van der Waals surface area (Å²) in [5.74, 6) is -0.596. The lowest BCUT2D eigenvalue weighted by atomic mass is 10.0. The fourth-order valence-corrected chi connectivity index (χ4v) is 2.89. The van der Waals surface area contributed by atoms with Crippen molar-refractivity contribution in [3.05, 3.63) is 33.3 Å². The predicted octanol–water partition coefficient (Wildman–Crippen LogP) is 2.57.